The zero-order valence-corrected chi connectivity index (χ0v) is 22.2. The van der Waals surface area contributed by atoms with Crippen molar-refractivity contribution in [3.05, 3.63) is 41.8 Å². The van der Waals surface area contributed by atoms with Gasteiger partial charge in [0.25, 0.3) is 0 Å². The number of carbonyl (C=O) groups is 1. The monoisotopic (exact) mass is 532 g/mol. The van der Waals surface area contributed by atoms with E-state index in [1.807, 2.05) is 26.0 Å². The van der Waals surface area contributed by atoms with Gasteiger partial charge in [0.15, 0.2) is 0 Å². The highest BCUT2D eigenvalue weighted by molar-refractivity contribution is 7.89. The summed E-state index contributed by atoms with van der Waals surface area (Å²) in [6.45, 7) is 5.70. The molecule has 0 atom stereocenters. The lowest BCUT2D eigenvalue weighted by Crippen LogP contribution is -2.38. The van der Waals surface area contributed by atoms with Gasteiger partial charge in [-0.05, 0) is 51.7 Å². The number of benzene rings is 1. The molecule has 1 saturated carbocycles. The zero-order chi connectivity index (χ0) is 25.7. The second-order valence-corrected chi connectivity index (χ2v) is 11.8. The fraction of sp³-hybridized carbons (Fsp3) is 0.458. The standard InChI is InChI=1S/C24H32N6O4S2/c1-4-28-36(32,33)22-11-18(29-19-12-26-27-13-19)9-10-20(22)21-14-25-23(35-21)16-5-7-17(8-6-16)30-24(31)34-15(2)3/h9-17,28-29H,4-8H2,1-3H3,(H,26,27)(H,30,31). The Morgan fingerprint density at radius 1 is 1.19 bits per heavy atom. The van der Waals surface area contributed by atoms with Crippen molar-refractivity contribution in [2.75, 3.05) is 11.9 Å². The number of ether oxygens (including phenoxy) is 1. The van der Waals surface area contributed by atoms with Gasteiger partial charge < -0.3 is 15.4 Å². The van der Waals surface area contributed by atoms with E-state index in [0.29, 0.717) is 11.3 Å². The summed E-state index contributed by atoms with van der Waals surface area (Å²) in [4.78, 5) is 17.6. The highest BCUT2D eigenvalue weighted by Gasteiger charge is 2.27. The molecule has 1 aliphatic carbocycles. The Balaban J connectivity index is 1.51. The molecular weight excluding hydrogens is 500 g/mol. The Morgan fingerprint density at radius 3 is 2.64 bits per heavy atom. The molecule has 0 aliphatic heterocycles. The number of rotatable bonds is 9. The van der Waals surface area contributed by atoms with E-state index in [9.17, 15) is 13.2 Å². The lowest BCUT2D eigenvalue weighted by molar-refractivity contribution is 0.109. The van der Waals surface area contributed by atoms with Gasteiger partial charge in [0.2, 0.25) is 10.0 Å². The molecule has 2 aromatic heterocycles. The number of alkyl carbamates (subject to hydrolysis) is 1. The van der Waals surface area contributed by atoms with E-state index in [2.05, 4.69) is 30.5 Å². The molecule has 10 nitrogen and oxygen atoms in total. The number of hydrogen-bond donors (Lipinski definition) is 4. The number of nitrogens with one attached hydrogen (secondary N) is 4. The molecule has 0 spiro atoms. The van der Waals surface area contributed by atoms with E-state index in [1.165, 1.54) is 11.3 Å². The molecule has 4 rings (SSSR count). The van der Waals surface area contributed by atoms with Crippen LogP contribution in [-0.4, -0.2) is 48.4 Å². The third kappa shape index (κ3) is 6.42. The number of aromatic nitrogens is 3. The topological polar surface area (TPSA) is 138 Å². The maximum absolute atomic E-state index is 13.1. The van der Waals surface area contributed by atoms with E-state index in [-0.39, 0.29) is 35.6 Å². The number of anilines is 2. The number of H-pyrrole nitrogens is 1. The van der Waals surface area contributed by atoms with Crippen LogP contribution in [0.4, 0.5) is 16.2 Å². The molecule has 3 aromatic rings. The van der Waals surface area contributed by atoms with Crippen molar-refractivity contribution in [3.8, 4) is 10.4 Å². The first-order valence-corrected chi connectivity index (χ1v) is 14.4. The summed E-state index contributed by atoms with van der Waals surface area (Å²) in [6, 6.07) is 5.39. The minimum Gasteiger partial charge on any atom is -0.447 e. The SMILES string of the molecule is CCNS(=O)(=O)c1cc(Nc2cn[nH]c2)ccc1-c1cnc(C2CCC(NC(=O)OC(C)C)CC2)s1. The second-order valence-electron chi connectivity index (χ2n) is 9.03. The van der Waals surface area contributed by atoms with Gasteiger partial charge in [0, 0.05) is 42.1 Å². The van der Waals surface area contributed by atoms with Crippen LogP contribution in [0.2, 0.25) is 0 Å². The Hall–Kier alpha value is -2.96. The predicted molar refractivity (Wildman–Crippen MR) is 140 cm³/mol. The minimum absolute atomic E-state index is 0.0964. The van der Waals surface area contributed by atoms with Crippen LogP contribution in [0.15, 0.2) is 41.7 Å². The number of hydrogen-bond acceptors (Lipinski definition) is 8. The fourth-order valence-electron chi connectivity index (χ4n) is 4.28. The molecular formula is C24H32N6O4S2. The number of thiazole rings is 1. The van der Waals surface area contributed by atoms with E-state index in [1.54, 1.807) is 31.6 Å². The number of nitrogens with zero attached hydrogens (tertiary/aromatic N) is 2. The first-order chi connectivity index (χ1) is 17.2. The third-order valence-corrected chi connectivity index (χ3v) is 8.70. The van der Waals surface area contributed by atoms with E-state index < -0.39 is 10.0 Å². The quantitative estimate of drug-likeness (QED) is 0.312. The molecule has 2 heterocycles. The summed E-state index contributed by atoms with van der Waals surface area (Å²) >= 11 is 1.52. The molecule has 1 amide bonds. The Bertz CT molecular complexity index is 1270. The molecule has 1 aromatic carbocycles. The number of sulfonamides is 1. The van der Waals surface area contributed by atoms with Crippen molar-refractivity contribution in [2.45, 2.75) is 69.4 Å². The van der Waals surface area contributed by atoms with Crippen LogP contribution >= 0.6 is 11.3 Å². The highest BCUT2D eigenvalue weighted by atomic mass is 32.2. The summed E-state index contributed by atoms with van der Waals surface area (Å²) in [6.07, 6.45) is 8.05. The summed E-state index contributed by atoms with van der Waals surface area (Å²) < 4.78 is 33.9. The van der Waals surface area contributed by atoms with Crippen molar-refractivity contribution in [1.82, 2.24) is 25.2 Å². The summed E-state index contributed by atoms with van der Waals surface area (Å²) in [7, 11) is -3.72. The maximum Gasteiger partial charge on any atom is 0.407 e. The first kappa shape index (κ1) is 26.1. The maximum atomic E-state index is 13.1. The van der Waals surface area contributed by atoms with Gasteiger partial charge in [-0.25, -0.2) is 22.9 Å². The number of amides is 1. The smallest absolute Gasteiger partial charge is 0.407 e. The lowest BCUT2D eigenvalue weighted by atomic mass is 9.86. The van der Waals surface area contributed by atoms with Crippen molar-refractivity contribution < 1.29 is 17.9 Å². The molecule has 0 saturated heterocycles. The Kier molecular flexibility index (Phi) is 8.27. The van der Waals surface area contributed by atoms with Crippen LogP contribution in [0, 0.1) is 0 Å². The Morgan fingerprint density at radius 2 is 1.97 bits per heavy atom. The average molecular weight is 533 g/mol. The molecule has 1 aliphatic rings. The van der Waals surface area contributed by atoms with Crippen LogP contribution in [0.1, 0.15) is 57.4 Å². The van der Waals surface area contributed by atoms with Crippen LogP contribution in [-0.2, 0) is 14.8 Å². The van der Waals surface area contributed by atoms with E-state index >= 15 is 0 Å². The molecule has 12 heteroatoms. The van der Waals surface area contributed by atoms with E-state index in [0.717, 1.165) is 41.3 Å². The number of carbonyl (C=O) groups excluding carboxylic acids is 1. The molecule has 0 radical (unpaired) electrons. The minimum atomic E-state index is -3.72. The molecule has 1 fully saturated rings. The highest BCUT2D eigenvalue weighted by Crippen LogP contribution is 2.40. The molecule has 4 N–H and O–H groups in total. The van der Waals surface area contributed by atoms with Gasteiger partial charge >= 0.3 is 6.09 Å². The van der Waals surface area contributed by atoms with Crippen LogP contribution in [0.3, 0.4) is 0 Å². The molecule has 36 heavy (non-hydrogen) atoms. The van der Waals surface area contributed by atoms with Crippen LogP contribution in [0.5, 0.6) is 0 Å². The van der Waals surface area contributed by atoms with E-state index in [4.69, 9.17) is 4.74 Å². The molecule has 0 unspecified atom stereocenters. The normalized spacial score (nSPS) is 18.2. The Labute approximate surface area is 215 Å². The van der Waals surface area contributed by atoms with Crippen molar-refractivity contribution in [2.24, 2.45) is 0 Å². The van der Waals surface area contributed by atoms with Crippen molar-refractivity contribution in [3.63, 3.8) is 0 Å². The molecule has 0 bridgehead atoms. The predicted octanol–water partition coefficient (Wildman–Crippen LogP) is 4.74. The van der Waals surface area contributed by atoms with Gasteiger partial charge in [-0.3, -0.25) is 5.10 Å². The third-order valence-electron chi connectivity index (χ3n) is 5.92. The van der Waals surface area contributed by atoms with Crippen molar-refractivity contribution >= 4 is 38.8 Å². The summed E-state index contributed by atoms with van der Waals surface area (Å²) in [5.41, 5.74) is 1.99. The van der Waals surface area contributed by atoms with Crippen LogP contribution in [0.25, 0.3) is 10.4 Å². The van der Waals surface area contributed by atoms with Gasteiger partial charge in [0.05, 0.1) is 32.8 Å². The zero-order valence-electron chi connectivity index (χ0n) is 20.6. The molecule has 194 valence electrons. The first-order valence-electron chi connectivity index (χ1n) is 12.1. The largest absolute Gasteiger partial charge is 0.447 e. The fourth-order valence-corrected chi connectivity index (χ4v) is 6.76. The van der Waals surface area contributed by atoms with Gasteiger partial charge in [-0.15, -0.1) is 11.3 Å². The average Bonchev–Trinajstić information content (AvgIpc) is 3.51. The summed E-state index contributed by atoms with van der Waals surface area (Å²) in [5.74, 6) is 0.277. The van der Waals surface area contributed by atoms with Gasteiger partial charge in [-0.2, -0.15) is 5.10 Å². The summed E-state index contributed by atoms with van der Waals surface area (Å²) in [5, 5.41) is 13.7. The van der Waals surface area contributed by atoms with Crippen LogP contribution < -0.4 is 15.4 Å². The lowest BCUT2D eigenvalue weighted by Gasteiger charge is -2.28. The number of aromatic amines is 1. The second kappa shape index (κ2) is 11.4. The van der Waals surface area contributed by atoms with Crippen molar-refractivity contribution in [1.29, 1.82) is 0 Å². The van der Waals surface area contributed by atoms with Gasteiger partial charge in [-0.1, -0.05) is 13.0 Å². The van der Waals surface area contributed by atoms with Gasteiger partial charge in [0.1, 0.15) is 0 Å².